The topological polar surface area (TPSA) is 44.4 Å². The number of hydrogen-bond acceptors (Lipinski definition) is 2. The van der Waals surface area contributed by atoms with Crippen molar-refractivity contribution in [2.45, 2.75) is 39.2 Å². The Bertz CT molecular complexity index is 492. The molecule has 0 bridgehead atoms. The Balaban J connectivity index is 1.65. The van der Waals surface area contributed by atoms with E-state index in [9.17, 15) is 4.79 Å². The molecule has 128 valence electrons. The molecular formula is C18H28ClN3O. The van der Waals surface area contributed by atoms with Crippen molar-refractivity contribution >= 4 is 17.6 Å². The third-order valence-corrected chi connectivity index (χ3v) is 4.55. The zero-order chi connectivity index (χ0) is 16.7. The second kappa shape index (κ2) is 9.14. The Morgan fingerprint density at radius 3 is 2.83 bits per heavy atom. The number of carbonyl (C=O) groups excluding carboxylic acids is 1. The molecule has 1 aliphatic rings. The SMILES string of the molecule is CCCN1CCC(CNC(=O)NC(C)Cc2ccc(Cl)cc2)C1. The summed E-state index contributed by atoms with van der Waals surface area (Å²) in [7, 11) is 0. The molecule has 1 aromatic carbocycles. The molecule has 2 unspecified atom stereocenters. The van der Waals surface area contributed by atoms with Gasteiger partial charge < -0.3 is 15.5 Å². The highest BCUT2D eigenvalue weighted by atomic mass is 35.5. The Kier molecular flexibility index (Phi) is 7.18. The third kappa shape index (κ3) is 6.40. The number of nitrogens with one attached hydrogen (secondary N) is 2. The van der Waals surface area contributed by atoms with Crippen LogP contribution in [0.5, 0.6) is 0 Å². The molecule has 2 N–H and O–H groups in total. The molecule has 4 nitrogen and oxygen atoms in total. The van der Waals surface area contributed by atoms with E-state index >= 15 is 0 Å². The lowest BCUT2D eigenvalue weighted by Crippen LogP contribution is -2.43. The van der Waals surface area contributed by atoms with Gasteiger partial charge in [0.2, 0.25) is 0 Å². The van der Waals surface area contributed by atoms with Gasteiger partial charge in [0.1, 0.15) is 0 Å². The summed E-state index contributed by atoms with van der Waals surface area (Å²) < 4.78 is 0. The minimum absolute atomic E-state index is 0.0691. The van der Waals surface area contributed by atoms with E-state index in [1.165, 1.54) is 24.9 Å². The van der Waals surface area contributed by atoms with Crippen molar-refractivity contribution in [1.82, 2.24) is 15.5 Å². The number of halogens is 1. The van der Waals surface area contributed by atoms with Crippen LogP contribution in [0.25, 0.3) is 0 Å². The number of hydrogen-bond donors (Lipinski definition) is 2. The predicted octanol–water partition coefficient (Wildman–Crippen LogP) is 3.30. The molecule has 1 fully saturated rings. The fourth-order valence-electron chi connectivity index (χ4n) is 3.14. The van der Waals surface area contributed by atoms with E-state index in [0.717, 1.165) is 31.1 Å². The average Bonchev–Trinajstić information content (AvgIpc) is 2.95. The van der Waals surface area contributed by atoms with Gasteiger partial charge in [-0.1, -0.05) is 30.7 Å². The summed E-state index contributed by atoms with van der Waals surface area (Å²) >= 11 is 5.88. The molecule has 2 amide bonds. The number of benzene rings is 1. The number of carbonyl (C=O) groups is 1. The monoisotopic (exact) mass is 337 g/mol. The van der Waals surface area contributed by atoms with Crippen LogP contribution in [-0.2, 0) is 6.42 Å². The van der Waals surface area contributed by atoms with Crippen molar-refractivity contribution in [3.05, 3.63) is 34.9 Å². The fourth-order valence-corrected chi connectivity index (χ4v) is 3.26. The van der Waals surface area contributed by atoms with Crippen molar-refractivity contribution in [3.63, 3.8) is 0 Å². The van der Waals surface area contributed by atoms with Gasteiger partial charge in [0.05, 0.1) is 0 Å². The van der Waals surface area contributed by atoms with Gasteiger partial charge in [0.25, 0.3) is 0 Å². The summed E-state index contributed by atoms with van der Waals surface area (Å²) in [5.74, 6) is 0.582. The van der Waals surface area contributed by atoms with Crippen LogP contribution < -0.4 is 10.6 Å². The fraction of sp³-hybridized carbons (Fsp3) is 0.611. The maximum atomic E-state index is 12.0. The van der Waals surface area contributed by atoms with Crippen LogP contribution in [0.1, 0.15) is 32.3 Å². The lowest BCUT2D eigenvalue weighted by atomic mass is 10.1. The van der Waals surface area contributed by atoms with Crippen LogP contribution in [0.2, 0.25) is 5.02 Å². The lowest BCUT2D eigenvalue weighted by molar-refractivity contribution is 0.235. The zero-order valence-electron chi connectivity index (χ0n) is 14.1. The highest BCUT2D eigenvalue weighted by Gasteiger charge is 2.22. The molecule has 2 atom stereocenters. The molecule has 2 rings (SSSR count). The first-order chi connectivity index (χ1) is 11.1. The average molecular weight is 338 g/mol. The highest BCUT2D eigenvalue weighted by molar-refractivity contribution is 6.30. The summed E-state index contributed by atoms with van der Waals surface area (Å²) in [6, 6.07) is 7.78. The number of amides is 2. The number of likely N-dealkylation sites (tertiary alicyclic amines) is 1. The number of nitrogens with zero attached hydrogens (tertiary/aromatic N) is 1. The lowest BCUT2D eigenvalue weighted by Gasteiger charge is -2.17. The maximum Gasteiger partial charge on any atom is 0.315 e. The summed E-state index contributed by atoms with van der Waals surface area (Å²) in [4.78, 5) is 14.5. The van der Waals surface area contributed by atoms with Gasteiger partial charge >= 0.3 is 6.03 Å². The molecule has 0 spiro atoms. The first-order valence-electron chi connectivity index (χ1n) is 8.58. The molecule has 1 saturated heterocycles. The summed E-state index contributed by atoms with van der Waals surface area (Å²) in [5, 5.41) is 6.76. The first-order valence-corrected chi connectivity index (χ1v) is 8.95. The van der Waals surface area contributed by atoms with Gasteiger partial charge in [0, 0.05) is 24.2 Å². The minimum atomic E-state index is -0.0691. The second-order valence-electron chi connectivity index (χ2n) is 6.54. The summed E-state index contributed by atoms with van der Waals surface area (Å²) in [6.07, 6.45) is 3.18. The summed E-state index contributed by atoms with van der Waals surface area (Å²) in [6.45, 7) is 8.43. The van der Waals surface area contributed by atoms with Crippen LogP contribution in [0.4, 0.5) is 4.79 Å². The van der Waals surface area contributed by atoms with Gasteiger partial charge in [-0.15, -0.1) is 0 Å². The van der Waals surface area contributed by atoms with Gasteiger partial charge in [-0.2, -0.15) is 0 Å². The van der Waals surface area contributed by atoms with E-state index in [0.29, 0.717) is 5.92 Å². The minimum Gasteiger partial charge on any atom is -0.338 e. The van der Waals surface area contributed by atoms with E-state index in [4.69, 9.17) is 11.6 Å². The first kappa shape index (κ1) is 18.1. The van der Waals surface area contributed by atoms with Crippen LogP contribution >= 0.6 is 11.6 Å². The smallest absolute Gasteiger partial charge is 0.315 e. The third-order valence-electron chi connectivity index (χ3n) is 4.29. The van der Waals surface area contributed by atoms with Crippen molar-refractivity contribution < 1.29 is 4.79 Å². The van der Waals surface area contributed by atoms with Gasteiger partial charge in [-0.3, -0.25) is 0 Å². The second-order valence-corrected chi connectivity index (χ2v) is 6.98. The predicted molar refractivity (Wildman–Crippen MR) is 96.0 cm³/mol. The Labute approximate surface area is 144 Å². The Morgan fingerprint density at radius 1 is 1.39 bits per heavy atom. The molecule has 5 heteroatoms. The van der Waals surface area contributed by atoms with Crippen molar-refractivity contribution in [2.75, 3.05) is 26.2 Å². The zero-order valence-corrected chi connectivity index (χ0v) is 14.9. The Morgan fingerprint density at radius 2 is 2.13 bits per heavy atom. The molecule has 1 aliphatic heterocycles. The van der Waals surface area contributed by atoms with E-state index < -0.39 is 0 Å². The highest BCUT2D eigenvalue weighted by Crippen LogP contribution is 2.15. The standard InChI is InChI=1S/C18H28ClN3O/c1-3-9-22-10-8-16(13-22)12-20-18(23)21-14(2)11-15-4-6-17(19)7-5-15/h4-7,14,16H,3,8-13H2,1-2H3,(H2,20,21,23). The van der Waals surface area contributed by atoms with E-state index in [-0.39, 0.29) is 12.1 Å². The van der Waals surface area contributed by atoms with Gasteiger partial charge in [-0.05, 0) is 62.9 Å². The largest absolute Gasteiger partial charge is 0.338 e. The molecule has 0 saturated carbocycles. The molecule has 0 radical (unpaired) electrons. The molecule has 0 aliphatic carbocycles. The Hall–Kier alpha value is -1.26. The van der Waals surface area contributed by atoms with Crippen LogP contribution in [0.15, 0.2) is 24.3 Å². The van der Waals surface area contributed by atoms with Crippen LogP contribution in [-0.4, -0.2) is 43.2 Å². The molecule has 1 aromatic rings. The van der Waals surface area contributed by atoms with Crippen molar-refractivity contribution in [1.29, 1.82) is 0 Å². The maximum absolute atomic E-state index is 12.0. The van der Waals surface area contributed by atoms with Crippen LogP contribution in [0.3, 0.4) is 0 Å². The van der Waals surface area contributed by atoms with Crippen LogP contribution in [0, 0.1) is 5.92 Å². The van der Waals surface area contributed by atoms with E-state index in [1.807, 2.05) is 31.2 Å². The normalized spacial score (nSPS) is 19.5. The molecule has 23 heavy (non-hydrogen) atoms. The van der Waals surface area contributed by atoms with Gasteiger partial charge in [-0.25, -0.2) is 4.79 Å². The molecular weight excluding hydrogens is 310 g/mol. The number of rotatable bonds is 7. The van der Waals surface area contributed by atoms with E-state index in [2.05, 4.69) is 22.5 Å². The van der Waals surface area contributed by atoms with Crippen molar-refractivity contribution in [2.24, 2.45) is 5.92 Å². The number of urea groups is 1. The summed E-state index contributed by atoms with van der Waals surface area (Å²) in [5.41, 5.74) is 1.17. The van der Waals surface area contributed by atoms with Crippen molar-refractivity contribution in [3.8, 4) is 0 Å². The van der Waals surface area contributed by atoms with Gasteiger partial charge in [0.15, 0.2) is 0 Å². The quantitative estimate of drug-likeness (QED) is 0.801. The molecule has 1 heterocycles. The van der Waals surface area contributed by atoms with E-state index in [1.54, 1.807) is 0 Å². The molecule has 0 aromatic heterocycles.